The maximum absolute atomic E-state index is 13.2. The van der Waals surface area contributed by atoms with Crippen molar-refractivity contribution in [1.29, 1.82) is 0 Å². The van der Waals surface area contributed by atoms with Crippen LogP contribution in [0.25, 0.3) is 0 Å². The highest BCUT2D eigenvalue weighted by atomic mass is 32.2. The van der Waals surface area contributed by atoms with Crippen molar-refractivity contribution in [3.05, 3.63) is 60.2 Å². The fraction of sp³-hybridized carbons (Fsp3) is 0.417. The second-order valence-corrected chi connectivity index (χ2v) is 10.1. The molecule has 1 heterocycles. The number of esters is 1. The molecule has 7 nitrogen and oxygen atoms in total. The summed E-state index contributed by atoms with van der Waals surface area (Å²) in [5, 5.41) is 0. The molecule has 32 heavy (non-hydrogen) atoms. The summed E-state index contributed by atoms with van der Waals surface area (Å²) in [6.07, 6.45) is 1.75. The Balaban J connectivity index is 1.72. The lowest BCUT2D eigenvalue weighted by atomic mass is 10.1. The molecule has 1 fully saturated rings. The summed E-state index contributed by atoms with van der Waals surface area (Å²) in [7, 11) is -3.85. The fourth-order valence-corrected chi connectivity index (χ4v) is 5.54. The van der Waals surface area contributed by atoms with Gasteiger partial charge in [-0.25, -0.2) is 8.42 Å². The Hall–Kier alpha value is -2.71. The molecule has 1 aliphatic heterocycles. The van der Waals surface area contributed by atoms with Gasteiger partial charge in [0.15, 0.2) is 6.61 Å². The predicted molar refractivity (Wildman–Crippen MR) is 123 cm³/mol. The molecule has 1 atom stereocenters. The van der Waals surface area contributed by atoms with Crippen molar-refractivity contribution in [2.45, 2.75) is 57.0 Å². The van der Waals surface area contributed by atoms with E-state index in [4.69, 9.17) is 4.74 Å². The Kier molecular flexibility index (Phi) is 7.69. The van der Waals surface area contributed by atoms with Crippen LogP contribution in [0, 0.1) is 6.92 Å². The van der Waals surface area contributed by atoms with Crippen LogP contribution in [-0.4, -0.2) is 49.8 Å². The lowest BCUT2D eigenvalue weighted by molar-refractivity contribution is -0.152. The molecule has 3 rings (SSSR count). The van der Waals surface area contributed by atoms with Crippen LogP contribution >= 0.6 is 0 Å². The number of hydrogen-bond donors (Lipinski definition) is 0. The molecule has 2 aromatic carbocycles. The minimum absolute atomic E-state index is 0.128. The molecular formula is C24H30N2O5S. The molecule has 0 aromatic heterocycles. The minimum Gasteiger partial charge on any atom is -0.454 e. The van der Waals surface area contributed by atoms with Gasteiger partial charge in [-0.15, -0.1) is 0 Å². The van der Waals surface area contributed by atoms with Crippen LogP contribution in [0.5, 0.6) is 0 Å². The highest BCUT2D eigenvalue weighted by Gasteiger charge is 2.39. The predicted octanol–water partition coefficient (Wildman–Crippen LogP) is 3.52. The van der Waals surface area contributed by atoms with Crippen molar-refractivity contribution in [1.82, 2.24) is 4.31 Å². The average molecular weight is 459 g/mol. The number of hydrogen-bond acceptors (Lipinski definition) is 5. The second-order valence-electron chi connectivity index (χ2n) is 8.24. The third kappa shape index (κ3) is 5.37. The number of anilines is 1. The Bertz CT molecular complexity index is 1040. The Morgan fingerprint density at radius 1 is 1.06 bits per heavy atom. The van der Waals surface area contributed by atoms with Crippen LogP contribution in [-0.2, 0) is 24.3 Å². The maximum atomic E-state index is 13.2. The minimum atomic E-state index is -3.85. The van der Waals surface area contributed by atoms with E-state index in [-0.39, 0.29) is 23.4 Å². The fourth-order valence-electron chi connectivity index (χ4n) is 3.89. The number of benzene rings is 2. The van der Waals surface area contributed by atoms with Gasteiger partial charge in [0.25, 0.3) is 5.91 Å². The van der Waals surface area contributed by atoms with E-state index >= 15 is 0 Å². The number of sulfonamides is 1. The van der Waals surface area contributed by atoms with Gasteiger partial charge in [0.05, 0.1) is 4.90 Å². The van der Waals surface area contributed by atoms with E-state index in [0.29, 0.717) is 18.5 Å². The van der Waals surface area contributed by atoms with Crippen molar-refractivity contribution < 1.29 is 22.7 Å². The van der Waals surface area contributed by atoms with Gasteiger partial charge < -0.3 is 9.64 Å². The van der Waals surface area contributed by atoms with Gasteiger partial charge in [0.2, 0.25) is 10.0 Å². The number of amides is 1. The zero-order chi connectivity index (χ0) is 23.3. The van der Waals surface area contributed by atoms with Gasteiger partial charge in [0, 0.05) is 18.3 Å². The number of carbonyl (C=O) groups is 2. The molecule has 2 aromatic rings. The first-order chi connectivity index (χ1) is 15.2. The van der Waals surface area contributed by atoms with E-state index in [1.54, 1.807) is 29.2 Å². The third-order valence-electron chi connectivity index (χ3n) is 5.51. The van der Waals surface area contributed by atoms with Crippen molar-refractivity contribution >= 4 is 27.6 Å². The quantitative estimate of drug-likeness (QED) is 0.593. The van der Waals surface area contributed by atoms with Crippen molar-refractivity contribution in [3.8, 4) is 0 Å². The summed E-state index contributed by atoms with van der Waals surface area (Å²) in [5.41, 5.74) is 1.66. The molecule has 1 aliphatic rings. The summed E-state index contributed by atoms with van der Waals surface area (Å²) in [6, 6.07) is 14.6. The van der Waals surface area contributed by atoms with E-state index in [1.165, 1.54) is 4.31 Å². The molecular weight excluding hydrogens is 428 g/mol. The van der Waals surface area contributed by atoms with Gasteiger partial charge in [0.1, 0.15) is 6.04 Å². The second kappa shape index (κ2) is 10.3. The van der Waals surface area contributed by atoms with E-state index in [9.17, 15) is 18.0 Å². The van der Waals surface area contributed by atoms with Crippen LogP contribution in [0.2, 0.25) is 0 Å². The number of rotatable bonds is 7. The normalized spacial score (nSPS) is 17.2. The lowest BCUT2D eigenvalue weighted by Gasteiger charge is -2.33. The van der Waals surface area contributed by atoms with Crippen LogP contribution in [0.4, 0.5) is 5.69 Å². The van der Waals surface area contributed by atoms with Crippen LogP contribution in [0.1, 0.15) is 38.7 Å². The molecule has 0 radical (unpaired) electrons. The van der Waals surface area contributed by atoms with Crippen LogP contribution in [0.3, 0.4) is 0 Å². The zero-order valence-corrected chi connectivity index (χ0v) is 19.5. The largest absolute Gasteiger partial charge is 0.454 e. The molecule has 8 heteroatoms. The van der Waals surface area contributed by atoms with E-state index in [0.717, 1.165) is 12.0 Å². The topological polar surface area (TPSA) is 84.0 Å². The van der Waals surface area contributed by atoms with Gasteiger partial charge >= 0.3 is 5.97 Å². The molecule has 172 valence electrons. The first kappa shape index (κ1) is 23.9. The van der Waals surface area contributed by atoms with E-state index in [2.05, 4.69) is 0 Å². The number of aryl methyl sites for hydroxylation is 1. The summed E-state index contributed by atoms with van der Waals surface area (Å²) < 4.78 is 32.9. The Labute approximate surface area is 190 Å². The molecule has 1 saturated heterocycles. The zero-order valence-electron chi connectivity index (χ0n) is 18.7. The molecule has 0 saturated carbocycles. The van der Waals surface area contributed by atoms with Crippen molar-refractivity contribution in [2.75, 3.05) is 18.1 Å². The van der Waals surface area contributed by atoms with Crippen molar-refractivity contribution in [2.24, 2.45) is 0 Å². The van der Waals surface area contributed by atoms with Gasteiger partial charge in [-0.05, 0) is 64.3 Å². The number of para-hydroxylation sites is 1. The van der Waals surface area contributed by atoms with Crippen LogP contribution in [0.15, 0.2) is 59.5 Å². The number of carbonyl (C=O) groups excluding carboxylic acids is 2. The van der Waals surface area contributed by atoms with Crippen molar-refractivity contribution in [3.63, 3.8) is 0 Å². The third-order valence-corrected chi connectivity index (χ3v) is 7.43. The first-order valence-corrected chi connectivity index (χ1v) is 12.3. The maximum Gasteiger partial charge on any atom is 0.324 e. The number of ether oxygens (including phenoxy) is 1. The summed E-state index contributed by atoms with van der Waals surface area (Å²) in [5.74, 6) is -1.05. The summed E-state index contributed by atoms with van der Waals surface area (Å²) in [6.45, 7) is 5.44. The van der Waals surface area contributed by atoms with Gasteiger partial charge in [-0.2, -0.15) is 4.31 Å². The Morgan fingerprint density at radius 3 is 2.34 bits per heavy atom. The van der Waals surface area contributed by atoms with Gasteiger partial charge in [-0.3, -0.25) is 9.59 Å². The smallest absolute Gasteiger partial charge is 0.324 e. The monoisotopic (exact) mass is 458 g/mol. The lowest BCUT2D eigenvalue weighted by Crippen LogP contribution is -2.49. The van der Waals surface area contributed by atoms with Crippen LogP contribution < -0.4 is 4.90 Å². The molecule has 0 N–H and O–H groups in total. The molecule has 0 spiro atoms. The molecule has 0 bridgehead atoms. The number of piperidine rings is 1. The molecule has 1 amide bonds. The summed E-state index contributed by atoms with van der Waals surface area (Å²) >= 11 is 0. The first-order valence-electron chi connectivity index (χ1n) is 10.8. The average Bonchev–Trinajstić information content (AvgIpc) is 2.78. The molecule has 0 aliphatic carbocycles. The highest BCUT2D eigenvalue weighted by Crippen LogP contribution is 2.26. The van der Waals surface area contributed by atoms with E-state index < -0.39 is 28.6 Å². The number of nitrogens with zero attached hydrogens (tertiary/aromatic N) is 2. The van der Waals surface area contributed by atoms with Gasteiger partial charge in [-0.1, -0.05) is 35.9 Å². The Morgan fingerprint density at radius 2 is 1.72 bits per heavy atom. The SMILES string of the molecule is Cc1ccc(S(=O)(=O)N2CCCCC2C(=O)OCC(=O)N(c2ccccc2)C(C)C)cc1. The molecule has 1 unspecified atom stereocenters. The standard InChI is InChI=1S/C24H30N2O5S/c1-18(2)26(20-9-5-4-6-10-20)23(27)17-31-24(28)22-11-7-8-16-25(22)32(29,30)21-14-12-19(3)13-15-21/h4-6,9-10,12-15,18,22H,7-8,11,16-17H2,1-3H3. The summed E-state index contributed by atoms with van der Waals surface area (Å²) in [4.78, 5) is 27.4. The van der Waals surface area contributed by atoms with E-state index in [1.807, 2.05) is 51.1 Å². The highest BCUT2D eigenvalue weighted by molar-refractivity contribution is 7.89.